The van der Waals surface area contributed by atoms with Gasteiger partial charge in [0.1, 0.15) is 24.0 Å². The molecule has 0 amide bonds. The summed E-state index contributed by atoms with van der Waals surface area (Å²) in [4.78, 5) is 4.83. The molecular weight excluding hydrogens is 484 g/mol. The summed E-state index contributed by atoms with van der Waals surface area (Å²) in [5, 5.41) is 24.4. The number of thioether (sulfide) groups is 1. The molecule has 0 saturated carbocycles. The summed E-state index contributed by atoms with van der Waals surface area (Å²) in [6.07, 6.45) is 12.0. The maximum absolute atomic E-state index is 12.2. The third-order valence-electron chi connectivity index (χ3n) is 11.0. The Morgan fingerprint density at radius 2 is 1.35 bits per heavy atom. The van der Waals surface area contributed by atoms with Crippen LogP contribution in [0.15, 0.2) is 45.6 Å². The Bertz CT molecular complexity index is 993. The van der Waals surface area contributed by atoms with Gasteiger partial charge in [0.05, 0.1) is 29.4 Å². The highest BCUT2D eigenvalue weighted by atomic mass is 32.2. The molecular formula is C30H42N2O4S. The summed E-state index contributed by atoms with van der Waals surface area (Å²) in [5.74, 6) is 4.02. The van der Waals surface area contributed by atoms with Crippen LogP contribution in [-0.4, -0.2) is 55.1 Å². The molecule has 2 spiro atoms. The Kier molecular flexibility index (Phi) is 6.13. The molecule has 5 aliphatic heterocycles. The molecule has 202 valence electrons. The Labute approximate surface area is 224 Å². The van der Waals surface area contributed by atoms with Gasteiger partial charge >= 0.3 is 0 Å². The fourth-order valence-electron chi connectivity index (χ4n) is 9.00. The number of hydrogen-bond acceptors (Lipinski definition) is 7. The molecule has 6 nitrogen and oxygen atoms in total. The third-order valence-corrected chi connectivity index (χ3v) is 12.9. The van der Waals surface area contributed by atoms with Crippen LogP contribution in [0.5, 0.6) is 0 Å². The first-order chi connectivity index (χ1) is 17.9. The number of hydrogen-bond donors (Lipinski definition) is 2. The molecule has 2 N–H and O–H groups in total. The molecule has 5 aliphatic rings. The second-order valence-corrected chi connectivity index (χ2v) is 14.3. The highest BCUT2D eigenvalue weighted by Gasteiger charge is 2.63. The van der Waals surface area contributed by atoms with Crippen molar-refractivity contribution < 1.29 is 19.0 Å². The minimum absolute atomic E-state index is 0.132. The van der Waals surface area contributed by atoms with Crippen LogP contribution in [0.4, 0.5) is 0 Å². The molecule has 5 fully saturated rings. The monoisotopic (exact) mass is 526 g/mol. The van der Waals surface area contributed by atoms with E-state index in [4.69, 9.17) is 8.83 Å². The summed E-state index contributed by atoms with van der Waals surface area (Å²) >= 11 is 1.95. The van der Waals surface area contributed by atoms with Gasteiger partial charge < -0.3 is 19.0 Å². The molecule has 37 heavy (non-hydrogen) atoms. The second-order valence-electron chi connectivity index (χ2n) is 12.9. The summed E-state index contributed by atoms with van der Waals surface area (Å²) < 4.78 is 11.5. The highest BCUT2D eigenvalue weighted by Crippen LogP contribution is 2.63. The summed E-state index contributed by atoms with van der Waals surface area (Å²) in [6.45, 7) is 4.70. The summed E-state index contributed by atoms with van der Waals surface area (Å²) in [7, 11) is 0. The van der Waals surface area contributed by atoms with Crippen molar-refractivity contribution in [2.24, 2.45) is 17.3 Å². The van der Waals surface area contributed by atoms with E-state index >= 15 is 0 Å². The first-order valence-corrected chi connectivity index (χ1v) is 15.5. The molecule has 7 heteroatoms. The van der Waals surface area contributed by atoms with Crippen molar-refractivity contribution in [1.82, 2.24) is 9.80 Å². The quantitative estimate of drug-likeness (QED) is 0.501. The van der Waals surface area contributed by atoms with Crippen molar-refractivity contribution in [3.8, 4) is 0 Å². The maximum Gasteiger partial charge on any atom is 0.123 e. The number of furan rings is 2. The van der Waals surface area contributed by atoms with Crippen LogP contribution in [0.2, 0.25) is 0 Å². The zero-order valence-electron chi connectivity index (χ0n) is 22.2. The number of rotatable bonds is 2. The van der Waals surface area contributed by atoms with E-state index in [-0.39, 0.29) is 22.2 Å². The molecule has 2 aromatic heterocycles. The Balaban J connectivity index is 1.18. The van der Waals surface area contributed by atoms with E-state index in [2.05, 4.69) is 35.8 Å². The van der Waals surface area contributed by atoms with Gasteiger partial charge in [0, 0.05) is 23.3 Å². The number of aliphatic hydroxyl groups is 2. The van der Waals surface area contributed by atoms with Gasteiger partial charge in [-0.25, -0.2) is 0 Å². The van der Waals surface area contributed by atoms with Gasteiger partial charge in [-0.2, -0.15) is 11.8 Å². The van der Waals surface area contributed by atoms with E-state index in [1.54, 1.807) is 12.5 Å². The maximum atomic E-state index is 12.2. The minimum atomic E-state index is -0.528. The van der Waals surface area contributed by atoms with Crippen LogP contribution >= 0.6 is 11.8 Å². The lowest BCUT2D eigenvalue weighted by atomic mass is 9.66. The average Bonchev–Trinajstić information content (AvgIpc) is 3.68. The lowest BCUT2D eigenvalue weighted by Gasteiger charge is -2.58. The SMILES string of the molecule is C[C@@H]1CC[C@@H](c2ccco2)N2[C@@H](O)[C@@]3(CC[C@@H]12)C[C@@]1(CC[C@@H]2[C@@H](C)CC[C@H](c4ccco4)N2[C@H]1O)CS3. The van der Waals surface area contributed by atoms with E-state index in [1.807, 2.05) is 23.9 Å². The highest BCUT2D eigenvalue weighted by molar-refractivity contribution is 8.01. The fourth-order valence-corrected chi connectivity index (χ4v) is 10.9. The van der Waals surface area contributed by atoms with Gasteiger partial charge in [-0.3, -0.25) is 9.80 Å². The van der Waals surface area contributed by atoms with Gasteiger partial charge in [-0.05, 0) is 93.9 Å². The van der Waals surface area contributed by atoms with Crippen molar-refractivity contribution in [1.29, 1.82) is 0 Å². The van der Waals surface area contributed by atoms with Crippen LogP contribution in [-0.2, 0) is 0 Å². The molecule has 2 aromatic rings. The Morgan fingerprint density at radius 1 is 0.784 bits per heavy atom. The standard InChI is InChI=1S/C30H42N2O4S/c1-19-7-9-23(25-5-3-15-35-25)31-21(19)11-13-29(27(31)33)17-30(37-18-29)14-12-22-20(2)8-10-24(32(22)28(30)34)26-6-4-16-36-26/h3-6,15-16,19-24,27-28,33-34H,7-14,17-18H2,1-2H3/t19-,20+,21+,22-,23+,24-,27-,28-,29-,30+/m0/s1. The molecule has 10 atom stereocenters. The molecule has 5 saturated heterocycles. The Morgan fingerprint density at radius 3 is 1.92 bits per heavy atom. The van der Waals surface area contributed by atoms with Gasteiger partial charge in [0.2, 0.25) is 0 Å². The molecule has 7 rings (SSSR count). The van der Waals surface area contributed by atoms with Crippen LogP contribution in [0.3, 0.4) is 0 Å². The van der Waals surface area contributed by atoms with Crippen LogP contribution < -0.4 is 0 Å². The van der Waals surface area contributed by atoms with Gasteiger partial charge in [0.15, 0.2) is 0 Å². The van der Waals surface area contributed by atoms with Crippen LogP contribution in [0, 0.1) is 17.3 Å². The lowest BCUT2D eigenvalue weighted by molar-refractivity contribution is -0.193. The number of piperidine rings is 4. The average molecular weight is 527 g/mol. The summed E-state index contributed by atoms with van der Waals surface area (Å²) in [5.41, 5.74) is -0.196. The largest absolute Gasteiger partial charge is 0.468 e. The minimum Gasteiger partial charge on any atom is -0.468 e. The third kappa shape index (κ3) is 3.75. The second kappa shape index (κ2) is 9.16. The van der Waals surface area contributed by atoms with E-state index in [0.717, 1.165) is 62.2 Å². The first-order valence-electron chi connectivity index (χ1n) is 14.5. The van der Waals surface area contributed by atoms with E-state index in [1.165, 1.54) is 12.8 Å². The smallest absolute Gasteiger partial charge is 0.123 e. The zero-order chi connectivity index (χ0) is 25.4. The number of aliphatic hydroxyl groups excluding tert-OH is 2. The van der Waals surface area contributed by atoms with E-state index < -0.39 is 12.5 Å². The molecule has 0 aliphatic carbocycles. The predicted octanol–water partition coefficient (Wildman–Crippen LogP) is 5.94. The summed E-state index contributed by atoms with van der Waals surface area (Å²) in [6, 6.07) is 9.13. The molecule has 0 bridgehead atoms. The fraction of sp³-hybridized carbons (Fsp3) is 0.733. The zero-order valence-corrected chi connectivity index (χ0v) is 23.0. The van der Waals surface area contributed by atoms with Crippen molar-refractivity contribution in [3.05, 3.63) is 48.3 Å². The molecule has 0 unspecified atom stereocenters. The van der Waals surface area contributed by atoms with Crippen LogP contribution in [0.1, 0.15) is 95.2 Å². The van der Waals surface area contributed by atoms with Crippen LogP contribution in [0.25, 0.3) is 0 Å². The topological polar surface area (TPSA) is 73.2 Å². The van der Waals surface area contributed by atoms with Gasteiger partial charge in [-0.1, -0.05) is 13.8 Å². The lowest BCUT2D eigenvalue weighted by Crippen LogP contribution is -2.64. The first kappa shape index (κ1) is 24.8. The van der Waals surface area contributed by atoms with Crippen molar-refractivity contribution >= 4 is 11.8 Å². The van der Waals surface area contributed by atoms with Gasteiger partial charge in [-0.15, -0.1) is 0 Å². The van der Waals surface area contributed by atoms with Crippen molar-refractivity contribution in [3.63, 3.8) is 0 Å². The normalized spacial score (nSPS) is 46.8. The number of nitrogens with zero attached hydrogens (tertiary/aromatic N) is 2. The van der Waals surface area contributed by atoms with Crippen molar-refractivity contribution in [2.75, 3.05) is 5.75 Å². The predicted molar refractivity (Wildman–Crippen MR) is 144 cm³/mol. The Hall–Kier alpha value is -1.25. The molecule has 0 aromatic carbocycles. The molecule has 0 radical (unpaired) electrons. The number of fused-ring (bicyclic) bond motifs is 2. The van der Waals surface area contributed by atoms with Crippen molar-refractivity contribution in [2.45, 2.75) is 113 Å². The van der Waals surface area contributed by atoms with E-state index in [0.29, 0.717) is 23.9 Å². The van der Waals surface area contributed by atoms with Gasteiger partial charge in [0.25, 0.3) is 0 Å². The molecule has 7 heterocycles. The van der Waals surface area contributed by atoms with E-state index in [9.17, 15) is 10.2 Å².